The molecule has 2 aromatic heterocycles. The third-order valence-electron chi connectivity index (χ3n) is 5.40. The zero-order valence-corrected chi connectivity index (χ0v) is 18.4. The van der Waals surface area contributed by atoms with E-state index in [9.17, 15) is 13.2 Å². The SMILES string of the molecule is O=c1ccn(-c2ccc(S(=O)(=O)N3CCOCC3)cc2)nc1-c1ccnn1-c1ccccc1. The topological polar surface area (TPSA) is 99.3 Å². The van der Waals surface area contributed by atoms with Gasteiger partial charge in [0, 0.05) is 25.4 Å². The average Bonchev–Trinajstić information content (AvgIpc) is 3.35. The molecule has 0 bridgehead atoms. The van der Waals surface area contributed by atoms with Crippen molar-refractivity contribution in [3.8, 4) is 22.8 Å². The van der Waals surface area contributed by atoms with Crippen LogP contribution in [-0.2, 0) is 14.8 Å². The van der Waals surface area contributed by atoms with Crippen molar-refractivity contribution in [3.05, 3.63) is 89.3 Å². The number of ether oxygens (including phenoxy) is 1. The number of morpholine rings is 1. The minimum absolute atomic E-state index is 0.205. The van der Waals surface area contributed by atoms with E-state index in [-0.39, 0.29) is 16.0 Å². The predicted octanol–water partition coefficient (Wildman–Crippen LogP) is 2.11. The summed E-state index contributed by atoms with van der Waals surface area (Å²) in [4.78, 5) is 12.8. The van der Waals surface area contributed by atoms with E-state index in [2.05, 4.69) is 10.2 Å². The van der Waals surface area contributed by atoms with Crippen LogP contribution in [0.15, 0.2) is 88.8 Å². The van der Waals surface area contributed by atoms with Gasteiger partial charge in [0.1, 0.15) is 0 Å². The van der Waals surface area contributed by atoms with Gasteiger partial charge in [-0.1, -0.05) is 18.2 Å². The Labute approximate surface area is 190 Å². The highest BCUT2D eigenvalue weighted by Gasteiger charge is 2.26. The predicted molar refractivity (Wildman–Crippen MR) is 122 cm³/mol. The summed E-state index contributed by atoms with van der Waals surface area (Å²) in [7, 11) is -3.59. The lowest BCUT2D eigenvalue weighted by molar-refractivity contribution is 0.0730. The van der Waals surface area contributed by atoms with Crippen molar-refractivity contribution in [2.24, 2.45) is 0 Å². The molecule has 33 heavy (non-hydrogen) atoms. The molecule has 0 atom stereocenters. The summed E-state index contributed by atoms with van der Waals surface area (Å²) in [6.45, 7) is 1.45. The maximum Gasteiger partial charge on any atom is 0.243 e. The van der Waals surface area contributed by atoms with Crippen LogP contribution in [0.4, 0.5) is 0 Å². The number of hydrogen-bond acceptors (Lipinski definition) is 6. The normalized spacial score (nSPS) is 14.9. The van der Waals surface area contributed by atoms with Crippen LogP contribution in [0.1, 0.15) is 0 Å². The molecule has 1 aliphatic rings. The zero-order chi connectivity index (χ0) is 22.8. The van der Waals surface area contributed by atoms with Crippen LogP contribution in [-0.4, -0.2) is 58.6 Å². The van der Waals surface area contributed by atoms with Gasteiger partial charge in [0.2, 0.25) is 15.5 Å². The molecule has 0 saturated carbocycles. The van der Waals surface area contributed by atoms with Crippen LogP contribution in [0.25, 0.3) is 22.8 Å². The summed E-state index contributed by atoms with van der Waals surface area (Å²) >= 11 is 0. The molecule has 5 rings (SSSR count). The molecule has 0 radical (unpaired) electrons. The standard InChI is InChI=1S/C23H21N5O4S/c29-22-11-13-27(25-23(22)21-10-12-24-28(21)19-4-2-1-3-5-19)18-6-8-20(9-7-18)33(30,31)26-14-16-32-17-15-26/h1-13H,14-17H2. The second-order valence-corrected chi connectivity index (χ2v) is 9.39. The van der Waals surface area contributed by atoms with Gasteiger partial charge in [0.15, 0.2) is 5.69 Å². The fourth-order valence-electron chi connectivity index (χ4n) is 3.69. The van der Waals surface area contributed by atoms with Gasteiger partial charge in [0.25, 0.3) is 0 Å². The van der Waals surface area contributed by atoms with Crippen molar-refractivity contribution in [1.29, 1.82) is 0 Å². The van der Waals surface area contributed by atoms with E-state index in [1.807, 2.05) is 30.3 Å². The van der Waals surface area contributed by atoms with Crippen molar-refractivity contribution in [1.82, 2.24) is 23.9 Å². The van der Waals surface area contributed by atoms with Crippen LogP contribution < -0.4 is 5.43 Å². The van der Waals surface area contributed by atoms with Crippen molar-refractivity contribution >= 4 is 10.0 Å². The lowest BCUT2D eigenvalue weighted by Gasteiger charge is -2.26. The summed E-state index contributed by atoms with van der Waals surface area (Å²) < 4.78 is 35.6. The molecule has 4 aromatic rings. The lowest BCUT2D eigenvalue weighted by Crippen LogP contribution is -2.40. The number of hydrogen-bond donors (Lipinski definition) is 0. The Morgan fingerprint density at radius 1 is 0.848 bits per heavy atom. The van der Waals surface area contributed by atoms with Crippen LogP contribution in [0.2, 0.25) is 0 Å². The second kappa shape index (κ2) is 8.74. The highest BCUT2D eigenvalue weighted by atomic mass is 32.2. The van der Waals surface area contributed by atoms with Crippen molar-refractivity contribution in [2.75, 3.05) is 26.3 Å². The summed E-state index contributed by atoms with van der Waals surface area (Å²) in [5, 5.41) is 8.86. The summed E-state index contributed by atoms with van der Waals surface area (Å²) in [6.07, 6.45) is 3.17. The van der Waals surface area contributed by atoms with E-state index in [1.165, 1.54) is 10.4 Å². The minimum Gasteiger partial charge on any atom is -0.379 e. The second-order valence-electron chi connectivity index (χ2n) is 7.45. The first kappa shape index (κ1) is 21.3. The Balaban J connectivity index is 1.48. The number of benzene rings is 2. The molecule has 168 valence electrons. The monoisotopic (exact) mass is 463 g/mol. The Hall–Kier alpha value is -3.60. The molecule has 0 N–H and O–H groups in total. The first-order chi connectivity index (χ1) is 16.0. The Morgan fingerprint density at radius 2 is 1.58 bits per heavy atom. The Morgan fingerprint density at radius 3 is 2.30 bits per heavy atom. The Bertz CT molecular complexity index is 1420. The van der Waals surface area contributed by atoms with Crippen LogP contribution in [0.3, 0.4) is 0 Å². The van der Waals surface area contributed by atoms with E-state index < -0.39 is 10.0 Å². The molecule has 0 aliphatic carbocycles. The maximum absolute atomic E-state index is 12.9. The molecule has 1 saturated heterocycles. The first-order valence-electron chi connectivity index (χ1n) is 10.4. The lowest BCUT2D eigenvalue weighted by atomic mass is 10.2. The fourth-order valence-corrected chi connectivity index (χ4v) is 5.10. The van der Waals surface area contributed by atoms with Gasteiger partial charge >= 0.3 is 0 Å². The van der Waals surface area contributed by atoms with E-state index in [4.69, 9.17) is 4.74 Å². The number of sulfonamides is 1. The Kier molecular flexibility index (Phi) is 5.63. The summed E-state index contributed by atoms with van der Waals surface area (Å²) in [6, 6.07) is 19.1. The molecule has 9 nitrogen and oxygen atoms in total. The molecule has 1 fully saturated rings. The van der Waals surface area contributed by atoms with E-state index in [0.29, 0.717) is 37.7 Å². The van der Waals surface area contributed by atoms with Crippen molar-refractivity contribution in [2.45, 2.75) is 4.90 Å². The first-order valence-corrected chi connectivity index (χ1v) is 11.9. The number of aromatic nitrogens is 4. The molecule has 0 amide bonds. The van der Waals surface area contributed by atoms with Crippen molar-refractivity contribution < 1.29 is 13.2 Å². The van der Waals surface area contributed by atoms with Gasteiger partial charge in [-0.3, -0.25) is 4.79 Å². The highest BCUT2D eigenvalue weighted by Crippen LogP contribution is 2.21. The third kappa shape index (κ3) is 4.11. The molecule has 10 heteroatoms. The molecule has 0 spiro atoms. The van der Waals surface area contributed by atoms with Gasteiger partial charge in [-0.25, -0.2) is 17.8 Å². The molecule has 2 aromatic carbocycles. The van der Waals surface area contributed by atoms with Crippen LogP contribution in [0.5, 0.6) is 0 Å². The van der Waals surface area contributed by atoms with Crippen LogP contribution >= 0.6 is 0 Å². The summed E-state index contributed by atoms with van der Waals surface area (Å²) in [5.41, 5.74) is 2.00. The third-order valence-corrected chi connectivity index (χ3v) is 7.32. The summed E-state index contributed by atoms with van der Waals surface area (Å²) in [5.74, 6) is 0. The highest BCUT2D eigenvalue weighted by molar-refractivity contribution is 7.89. The van der Waals surface area contributed by atoms with E-state index in [1.54, 1.807) is 52.1 Å². The molecule has 0 unspecified atom stereocenters. The molecule has 1 aliphatic heterocycles. The van der Waals surface area contributed by atoms with Gasteiger partial charge < -0.3 is 4.74 Å². The number of para-hydroxylation sites is 1. The minimum atomic E-state index is -3.59. The number of rotatable bonds is 5. The van der Waals surface area contributed by atoms with Gasteiger partial charge in [-0.2, -0.15) is 14.5 Å². The molecular weight excluding hydrogens is 442 g/mol. The molecular formula is C23H21N5O4S. The fraction of sp³-hybridized carbons (Fsp3) is 0.174. The van der Waals surface area contributed by atoms with Gasteiger partial charge in [-0.05, 0) is 42.5 Å². The average molecular weight is 464 g/mol. The maximum atomic E-state index is 12.9. The van der Waals surface area contributed by atoms with Crippen LogP contribution in [0, 0.1) is 0 Å². The zero-order valence-electron chi connectivity index (χ0n) is 17.6. The van der Waals surface area contributed by atoms with Crippen molar-refractivity contribution in [3.63, 3.8) is 0 Å². The molecule has 3 heterocycles. The van der Waals surface area contributed by atoms with E-state index in [0.717, 1.165) is 5.69 Å². The largest absolute Gasteiger partial charge is 0.379 e. The smallest absolute Gasteiger partial charge is 0.243 e. The quantitative estimate of drug-likeness (QED) is 0.450. The van der Waals surface area contributed by atoms with E-state index >= 15 is 0 Å². The number of nitrogens with zero attached hydrogens (tertiary/aromatic N) is 5. The van der Waals surface area contributed by atoms with Gasteiger partial charge in [0.05, 0.1) is 41.4 Å². The van der Waals surface area contributed by atoms with Gasteiger partial charge in [-0.15, -0.1) is 0 Å².